The molecule has 0 fully saturated rings. The number of nitrogens with zero attached hydrogens (tertiary/aromatic N) is 5. The number of carbonyl (C=O) groups excluding carboxylic acids is 1. The number of alkyl halides is 3. The van der Waals surface area contributed by atoms with Gasteiger partial charge in [-0.2, -0.15) is 18.4 Å². The van der Waals surface area contributed by atoms with Crippen LogP contribution in [0.4, 0.5) is 22.0 Å². The van der Waals surface area contributed by atoms with Gasteiger partial charge in [-0.25, -0.2) is 13.8 Å². The summed E-state index contributed by atoms with van der Waals surface area (Å²) in [6.07, 6.45) is -4.26. The third-order valence-corrected chi connectivity index (χ3v) is 6.78. The first-order valence-corrected chi connectivity index (χ1v) is 12.1. The van der Waals surface area contributed by atoms with Crippen LogP contribution in [0.25, 0.3) is 17.1 Å². The fourth-order valence-electron chi connectivity index (χ4n) is 4.70. The van der Waals surface area contributed by atoms with Crippen LogP contribution >= 0.6 is 11.6 Å². The summed E-state index contributed by atoms with van der Waals surface area (Å²) in [5, 5.41) is 20.8. The Hall–Kier alpha value is -4.50. The highest BCUT2D eigenvalue weighted by Crippen LogP contribution is 2.31. The first-order chi connectivity index (χ1) is 18.9. The molecule has 0 unspecified atom stereocenters. The fourth-order valence-corrected chi connectivity index (χ4v) is 4.91. The van der Waals surface area contributed by atoms with Crippen molar-refractivity contribution in [2.45, 2.75) is 19.1 Å². The van der Waals surface area contributed by atoms with Crippen LogP contribution < -0.4 is 16.2 Å². The number of hydrogen-bond acceptors (Lipinski definition) is 4. The van der Waals surface area contributed by atoms with Crippen molar-refractivity contribution in [1.29, 1.82) is 5.26 Å². The van der Waals surface area contributed by atoms with E-state index in [9.17, 15) is 37.1 Å². The van der Waals surface area contributed by atoms with E-state index in [0.717, 1.165) is 12.1 Å². The number of carbonyl (C=O) groups is 1. The molecular weight excluding hydrogens is 557 g/mol. The van der Waals surface area contributed by atoms with Gasteiger partial charge in [-0.1, -0.05) is 11.6 Å². The Bertz CT molecular complexity index is 1920. The zero-order valence-corrected chi connectivity index (χ0v) is 21.3. The second kappa shape index (κ2) is 9.91. The van der Waals surface area contributed by atoms with Crippen molar-refractivity contribution in [3.63, 3.8) is 0 Å². The monoisotopic (exact) mass is 573 g/mol. The molecule has 204 valence electrons. The molecule has 40 heavy (non-hydrogen) atoms. The predicted molar refractivity (Wildman–Crippen MR) is 133 cm³/mol. The number of aliphatic hydroxyl groups is 1. The molecule has 0 spiro atoms. The van der Waals surface area contributed by atoms with Gasteiger partial charge in [0.25, 0.3) is 5.91 Å². The SMILES string of the molecule is Cn1c2c(C#N)/c(=C(/O)c3cc(F)ccc3Cl)c(=NC(=O)c3cc(F)cc(C(F)(F)F)c3)cc-2n2c1=NCCC2. The highest BCUT2D eigenvalue weighted by Gasteiger charge is 2.32. The third-order valence-electron chi connectivity index (χ3n) is 6.45. The maximum Gasteiger partial charge on any atom is 0.416 e. The summed E-state index contributed by atoms with van der Waals surface area (Å²) in [5.74, 6) is -4.04. The van der Waals surface area contributed by atoms with Crippen molar-refractivity contribution in [2.24, 2.45) is 17.0 Å². The molecular formula is C27H17ClF5N5O2. The van der Waals surface area contributed by atoms with Crippen LogP contribution in [0, 0.1) is 23.0 Å². The molecule has 2 aromatic rings. The van der Waals surface area contributed by atoms with Crippen molar-refractivity contribution in [1.82, 2.24) is 9.13 Å². The number of aromatic nitrogens is 2. The van der Waals surface area contributed by atoms with E-state index in [4.69, 9.17) is 11.6 Å². The average molecular weight is 574 g/mol. The van der Waals surface area contributed by atoms with Crippen molar-refractivity contribution in [3.8, 4) is 17.5 Å². The molecule has 1 N–H and O–H groups in total. The van der Waals surface area contributed by atoms with Gasteiger partial charge in [0.1, 0.15) is 23.5 Å². The molecule has 0 atom stereocenters. The molecule has 2 aliphatic heterocycles. The van der Waals surface area contributed by atoms with Crippen LogP contribution in [0.5, 0.6) is 0 Å². The standard InChI is InChI=1S/C27H17ClF5N5O2/c1-37-23-18(12-34)22(24(39)17-10-15(29)3-4-19(17)28)20(11-21(23)38-6-2-5-35-26(37)38)36-25(40)13-7-14(27(31,32)33)9-16(30)8-13/h3-4,7-11,39H,2,5-6H2,1H3/b24-22-,36-20?. The number of hydrogen-bond donors (Lipinski definition) is 1. The highest BCUT2D eigenvalue weighted by molar-refractivity contribution is 6.32. The Morgan fingerprint density at radius 2 is 1.90 bits per heavy atom. The number of aliphatic hydroxyl groups excluding tert-OH is 1. The van der Waals surface area contributed by atoms with Crippen molar-refractivity contribution >= 4 is 23.3 Å². The second-order valence-corrected chi connectivity index (χ2v) is 9.39. The van der Waals surface area contributed by atoms with Gasteiger partial charge in [-0.3, -0.25) is 9.79 Å². The predicted octanol–water partition coefficient (Wildman–Crippen LogP) is 4.23. The molecule has 0 saturated heterocycles. The number of nitriles is 1. The van der Waals surface area contributed by atoms with Crippen LogP contribution in [-0.4, -0.2) is 26.7 Å². The Kier molecular flexibility index (Phi) is 6.71. The number of amides is 1. The number of rotatable bonds is 2. The van der Waals surface area contributed by atoms with Gasteiger partial charge in [0.2, 0.25) is 5.62 Å². The van der Waals surface area contributed by atoms with Crippen LogP contribution in [0.2, 0.25) is 5.02 Å². The summed E-state index contributed by atoms with van der Waals surface area (Å²) in [5.41, 5.74) is -1.28. The van der Waals surface area contributed by atoms with Crippen molar-refractivity contribution < 1.29 is 31.9 Å². The van der Waals surface area contributed by atoms with Gasteiger partial charge in [0.15, 0.2) is 0 Å². The van der Waals surface area contributed by atoms with E-state index in [1.165, 1.54) is 12.1 Å². The maximum atomic E-state index is 14.1. The largest absolute Gasteiger partial charge is 0.507 e. The van der Waals surface area contributed by atoms with Gasteiger partial charge in [-0.15, -0.1) is 0 Å². The van der Waals surface area contributed by atoms with E-state index >= 15 is 0 Å². The molecule has 1 aliphatic carbocycles. The Labute approximate surface area is 227 Å². The molecule has 13 heteroatoms. The number of imidazole rings is 1. The lowest BCUT2D eigenvalue weighted by molar-refractivity contribution is -0.137. The van der Waals surface area contributed by atoms with Crippen LogP contribution in [0.1, 0.15) is 33.5 Å². The average Bonchev–Trinajstić information content (AvgIpc) is 3.19. The van der Waals surface area contributed by atoms with Gasteiger partial charge in [0, 0.05) is 31.3 Å². The Balaban J connectivity index is 1.93. The summed E-state index contributed by atoms with van der Waals surface area (Å²) in [4.78, 5) is 21.5. The number of benzene rings is 3. The molecule has 2 heterocycles. The molecule has 7 nitrogen and oxygen atoms in total. The zero-order valence-electron chi connectivity index (χ0n) is 20.5. The number of halogens is 6. The molecule has 0 saturated carbocycles. The normalized spacial score (nSPS) is 14.5. The molecule has 0 bridgehead atoms. The summed E-state index contributed by atoms with van der Waals surface area (Å²) in [6, 6.07) is 7.77. The summed E-state index contributed by atoms with van der Waals surface area (Å²) in [6.45, 7) is 1.02. The van der Waals surface area contributed by atoms with E-state index in [2.05, 4.69) is 9.98 Å². The van der Waals surface area contributed by atoms with E-state index in [1.807, 2.05) is 6.07 Å². The van der Waals surface area contributed by atoms with Gasteiger partial charge in [0.05, 0.1) is 38.1 Å². The molecule has 0 radical (unpaired) electrons. The van der Waals surface area contributed by atoms with Crippen molar-refractivity contribution in [2.75, 3.05) is 6.54 Å². The minimum Gasteiger partial charge on any atom is -0.507 e. The first kappa shape index (κ1) is 27.1. The zero-order chi connectivity index (χ0) is 28.9. The lowest BCUT2D eigenvalue weighted by atomic mass is 10.0. The Morgan fingerprint density at radius 3 is 2.60 bits per heavy atom. The second-order valence-electron chi connectivity index (χ2n) is 8.99. The molecule has 3 aliphatic rings. The van der Waals surface area contributed by atoms with Crippen molar-refractivity contribution in [3.05, 3.63) is 97.6 Å². The summed E-state index contributed by atoms with van der Waals surface area (Å²) in [7, 11) is 1.65. The van der Waals surface area contributed by atoms with Gasteiger partial charge >= 0.3 is 6.18 Å². The van der Waals surface area contributed by atoms with E-state index in [1.54, 1.807) is 16.2 Å². The van der Waals surface area contributed by atoms with Crippen LogP contribution in [0.15, 0.2) is 52.4 Å². The molecule has 2 aromatic carbocycles. The van der Waals surface area contributed by atoms with E-state index in [0.29, 0.717) is 48.6 Å². The lowest BCUT2D eigenvalue weighted by Crippen LogP contribution is -2.34. The van der Waals surface area contributed by atoms with E-state index in [-0.39, 0.29) is 32.8 Å². The summed E-state index contributed by atoms with van der Waals surface area (Å²) < 4.78 is 71.3. The van der Waals surface area contributed by atoms with Crippen LogP contribution in [0.3, 0.4) is 0 Å². The quantitative estimate of drug-likeness (QED) is 0.364. The summed E-state index contributed by atoms with van der Waals surface area (Å²) >= 11 is 6.20. The smallest absolute Gasteiger partial charge is 0.416 e. The number of fused-ring (bicyclic) bond motifs is 3. The van der Waals surface area contributed by atoms with Gasteiger partial charge in [-0.05, 0) is 48.9 Å². The fraction of sp³-hybridized carbons (Fsp3) is 0.185. The third kappa shape index (κ3) is 4.62. The van der Waals surface area contributed by atoms with E-state index < -0.39 is 40.6 Å². The molecule has 1 amide bonds. The lowest BCUT2D eigenvalue weighted by Gasteiger charge is -2.12. The maximum absolute atomic E-state index is 14.1. The Morgan fingerprint density at radius 1 is 1.15 bits per heavy atom. The molecule has 0 aromatic heterocycles. The van der Waals surface area contributed by atoms with Crippen LogP contribution in [-0.2, 0) is 19.8 Å². The topological polar surface area (TPSA) is 95.7 Å². The molecule has 5 rings (SSSR count). The minimum absolute atomic E-state index is 0.0873. The highest BCUT2D eigenvalue weighted by atomic mass is 35.5. The minimum atomic E-state index is -4.93. The van der Waals surface area contributed by atoms with Gasteiger partial charge < -0.3 is 14.2 Å². The first-order valence-electron chi connectivity index (χ1n) is 11.7.